The Kier molecular flexibility index (Phi) is 3.56. The molecular formula is C14H16N2O4. The lowest BCUT2D eigenvalue weighted by Gasteiger charge is -2.30. The molecule has 20 heavy (non-hydrogen) atoms. The Hall–Kier alpha value is -2.08. The first kappa shape index (κ1) is 12.9. The zero-order valence-corrected chi connectivity index (χ0v) is 11.0. The van der Waals surface area contributed by atoms with Crippen LogP contribution in [0.25, 0.3) is 11.1 Å². The minimum absolute atomic E-state index is 0.00623. The van der Waals surface area contributed by atoms with E-state index in [0.29, 0.717) is 6.01 Å². The number of carboxylic acid groups (broad SMARTS) is 1. The maximum Gasteiger partial charge on any atom is 0.329 e. The second-order valence-electron chi connectivity index (χ2n) is 4.86. The van der Waals surface area contributed by atoms with Crippen molar-refractivity contribution in [2.24, 2.45) is 0 Å². The molecule has 0 unspecified atom stereocenters. The summed E-state index contributed by atoms with van der Waals surface area (Å²) in [5.74, 6) is -0.925. The quantitative estimate of drug-likeness (QED) is 0.919. The SMILES string of the molecule is O=C(O)COC1CCN(c2nc3ccccc3o2)CC1. The number of nitrogens with zero attached hydrogens (tertiary/aromatic N) is 2. The van der Waals surface area contributed by atoms with E-state index in [1.165, 1.54) is 0 Å². The number of rotatable bonds is 4. The van der Waals surface area contributed by atoms with Crippen molar-refractivity contribution in [3.8, 4) is 0 Å². The molecule has 0 bridgehead atoms. The van der Waals surface area contributed by atoms with Crippen LogP contribution in [0.15, 0.2) is 28.7 Å². The van der Waals surface area contributed by atoms with Crippen LogP contribution in [-0.2, 0) is 9.53 Å². The molecule has 0 radical (unpaired) electrons. The van der Waals surface area contributed by atoms with Crippen molar-refractivity contribution in [3.63, 3.8) is 0 Å². The van der Waals surface area contributed by atoms with Crippen LogP contribution in [0.2, 0.25) is 0 Å². The number of aromatic nitrogens is 1. The van der Waals surface area contributed by atoms with Gasteiger partial charge in [0.15, 0.2) is 5.58 Å². The van der Waals surface area contributed by atoms with Crippen molar-refractivity contribution < 1.29 is 19.1 Å². The molecule has 0 amide bonds. The fourth-order valence-corrected chi connectivity index (χ4v) is 2.40. The molecule has 0 saturated carbocycles. The number of hydrogen-bond donors (Lipinski definition) is 1. The molecule has 1 aliphatic rings. The number of para-hydroxylation sites is 2. The summed E-state index contributed by atoms with van der Waals surface area (Å²) in [7, 11) is 0. The zero-order valence-electron chi connectivity index (χ0n) is 11.0. The van der Waals surface area contributed by atoms with Gasteiger partial charge in [0.05, 0.1) is 6.10 Å². The second kappa shape index (κ2) is 5.50. The molecule has 0 spiro atoms. The van der Waals surface area contributed by atoms with E-state index in [1.807, 2.05) is 24.3 Å². The Bertz CT molecular complexity index is 569. The summed E-state index contributed by atoms with van der Waals surface area (Å²) in [6, 6.07) is 8.30. The molecular weight excluding hydrogens is 260 g/mol. The van der Waals surface area contributed by atoms with E-state index in [9.17, 15) is 4.79 Å². The van der Waals surface area contributed by atoms with Crippen LogP contribution in [0.1, 0.15) is 12.8 Å². The van der Waals surface area contributed by atoms with Crippen molar-refractivity contribution in [1.29, 1.82) is 0 Å². The van der Waals surface area contributed by atoms with Gasteiger partial charge in [-0.25, -0.2) is 4.79 Å². The number of carbonyl (C=O) groups is 1. The van der Waals surface area contributed by atoms with Gasteiger partial charge in [0, 0.05) is 13.1 Å². The third-order valence-corrected chi connectivity index (χ3v) is 3.44. The van der Waals surface area contributed by atoms with Gasteiger partial charge in [0.25, 0.3) is 6.01 Å². The third-order valence-electron chi connectivity index (χ3n) is 3.44. The normalized spacial score (nSPS) is 16.7. The number of anilines is 1. The van der Waals surface area contributed by atoms with Gasteiger partial charge < -0.3 is 19.2 Å². The number of fused-ring (bicyclic) bond motifs is 1. The van der Waals surface area contributed by atoms with Crippen LogP contribution in [0, 0.1) is 0 Å². The first-order valence-electron chi connectivity index (χ1n) is 6.66. The van der Waals surface area contributed by atoms with Crippen LogP contribution in [0.5, 0.6) is 0 Å². The number of piperidine rings is 1. The van der Waals surface area contributed by atoms with Gasteiger partial charge in [-0.1, -0.05) is 12.1 Å². The lowest BCUT2D eigenvalue weighted by molar-refractivity contribution is -0.144. The lowest BCUT2D eigenvalue weighted by Crippen LogP contribution is -2.37. The number of hydrogen-bond acceptors (Lipinski definition) is 5. The highest BCUT2D eigenvalue weighted by Crippen LogP contribution is 2.25. The Morgan fingerprint density at radius 3 is 2.85 bits per heavy atom. The summed E-state index contributed by atoms with van der Waals surface area (Å²) in [5.41, 5.74) is 1.64. The van der Waals surface area contributed by atoms with Crippen LogP contribution < -0.4 is 4.90 Å². The molecule has 106 valence electrons. The van der Waals surface area contributed by atoms with E-state index in [-0.39, 0.29) is 12.7 Å². The van der Waals surface area contributed by atoms with Crippen molar-refractivity contribution in [3.05, 3.63) is 24.3 Å². The fraction of sp³-hybridized carbons (Fsp3) is 0.429. The number of ether oxygens (including phenoxy) is 1. The first-order chi connectivity index (χ1) is 9.72. The molecule has 1 N–H and O–H groups in total. The molecule has 0 atom stereocenters. The van der Waals surface area contributed by atoms with Gasteiger partial charge >= 0.3 is 5.97 Å². The number of oxazole rings is 1. The number of aliphatic carboxylic acids is 1. The molecule has 1 saturated heterocycles. The molecule has 1 aromatic carbocycles. The van der Waals surface area contributed by atoms with Crippen molar-refractivity contribution >= 4 is 23.1 Å². The molecule has 6 heteroatoms. The summed E-state index contributed by atoms with van der Waals surface area (Å²) in [5, 5.41) is 8.59. The van der Waals surface area contributed by atoms with Crippen molar-refractivity contribution in [2.45, 2.75) is 18.9 Å². The van der Waals surface area contributed by atoms with E-state index in [2.05, 4.69) is 9.88 Å². The Morgan fingerprint density at radius 1 is 1.40 bits per heavy atom. The Morgan fingerprint density at radius 2 is 2.15 bits per heavy atom. The highest BCUT2D eigenvalue weighted by Gasteiger charge is 2.23. The number of carboxylic acids is 1. The average Bonchev–Trinajstić information content (AvgIpc) is 2.89. The summed E-state index contributed by atoms with van der Waals surface area (Å²) in [6.07, 6.45) is 1.57. The van der Waals surface area contributed by atoms with E-state index in [1.54, 1.807) is 0 Å². The third kappa shape index (κ3) is 2.75. The monoisotopic (exact) mass is 276 g/mol. The van der Waals surface area contributed by atoms with Crippen LogP contribution in [0.3, 0.4) is 0 Å². The molecule has 1 aromatic heterocycles. The van der Waals surface area contributed by atoms with Gasteiger partial charge in [0.1, 0.15) is 12.1 Å². The van der Waals surface area contributed by atoms with Crippen LogP contribution >= 0.6 is 0 Å². The predicted octanol–water partition coefficient (Wildman–Crippen LogP) is 1.90. The van der Waals surface area contributed by atoms with Crippen molar-refractivity contribution in [1.82, 2.24) is 4.98 Å². The Balaban J connectivity index is 1.61. The van der Waals surface area contributed by atoms with Crippen molar-refractivity contribution in [2.75, 3.05) is 24.6 Å². The summed E-state index contributed by atoms with van der Waals surface area (Å²) in [6.45, 7) is 1.29. The summed E-state index contributed by atoms with van der Waals surface area (Å²) < 4.78 is 11.0. The molecule has 3 rings (SSSR count). The predicted molar refractivity (Wildman–Crippen MR) is 72.8 cm³/mol. The van der Waals surface area contributed by atoms with E-state index in [4.69, 9.17) is 14.3 Å². The summed E-state index contributed by atoms with van der Waals surface area (Å²) in [4.78, 5) is 17.0. The van der Waals surface area contributed by atoms with Crippen LogP contribution in [-0.4, -0.2) is 41.9 Å². The second-order valence-corrected chi connectivity index (χ2v) is 4.86. The van der Waals surface area contributed by atoms with Gasteiger partial charge in [0.2, 0.25) is 0 Å². The summed E-state index contributed by atoms with van der Waals surface area (Å²) >= 11 is 0. The first-order valence-corrected chi connectivity index (χ1v) is 6.66. The van der Waals surface area contributed by atoms with E-state index >= 15 is 0 Å². The molecule has 0 aliphatic carbocycles. The minimum Gasteiger partial charge on any atom is -0.480 e. The maximum absolute atomic E-state index is 10.5. The van der Waals surface area contributed by atoms with Gasteiger partial charge in [-0.2, -0.15) is 4.98 Å². The maximum atomic E-state index is 10.5. The highest BCUT2D eigenvalue weighted by molar-refractivity contribution is 5.74. The molecule has 6 nitrogen and oxygen atoms in total. The van der Waals surface area contributed by atoms with E-state index in [0.717, 1.165) is 37.0 Å². The molecule has 1 fully saturated rings. The fourth-order valence-electron chi connectivity index (χ4n) is 2.40. The molecule has 2 heterocycles. The topological polar surface area (TPSA) is 75.8 Å². The minimum atomic E-state index is -0.925. The Labute approximate surface area is 116 Å². The smallest absolute Gasteiger partial charge is 0.329 e. The lowest BCUT2D eigenvalue weighted by atomic mass is 10.1. The van der Waals surface area contributed by atoms with Gasteiger partial charge in [-0.15, -0.1) is 0 Å². The largest absolute Gasteiger partial charge is 0.480 e. The van der Waals surface area contributed by atoms with Gasteiger partial charge in [-0.05, 0) is 25.0 Å². The highest BCUT2D eigenvalue weighted by atomic mass is 16.5. The van der Waals surface area contributed by atoms with E-state index < -0.39 is 5.97 Å². The van der Waals surface area contributed by atoms with Gasteiger partial charge in [-0.3, -0.25) is 0 Å². The standard InChI is InChI=1S/C14H16N2O4/c17-13(18)9-19-10-5-7-16(8-6-10)14-15-11-3-1-2-4-12(11)20-14/h1-4,10H,5-9H2,(H,17,18). The molecule has 1 aliphatic heterocycles. The van der Waals surface area contributed by atoms with Crippen LogP contribution in [0.4, 0.5) is 6.01 Å². The zero-order chi connectivity index (χ0) is 13.9. The number of benzene rings is 1. The molecule has 2 aromatic rings. The average molecular weight is 276 g/mol.